The van der Waals surface area contributed by atoms with Crippen LogP contribution in [0.5, 0.6) is 5.75 Å². The van der Waals surface area contributed by atoms with Gasteiger partial charge in [0.1, 0.15) is 5.75 Å². The van der Waals surface area contributed by atoms with Gasteiger partial charge in [0.25, 0.3) is 0 Å². The van der Waals surface area contributed by atoms with Crippen molar-refractivity contribution in [1.82, 2.24) is 0 Å². The largest absolute Gasteiger partial charge is 0.493 e. The Morgan fingerprint density at radius 2 is 1.73 bits per heavy atom. The van der Waals surface area contributed by atoms with Gasteiger partial charge in [-0.1, -0.05) is 49.4 Å². The summed E-state index contributed by atoms with van der Waals surface area (Å²) in [4.78, 5) is 0. The molecular formula is C21H22O. The van der Waals surface area contributed by atoms with Crippen molar-refractivity contribution in [2.45, 2.75) is 27.2 Å². The summed E-state index contributed by atoms with van der Waals surface area (Å²) in [7, 11) is 0. The second kappa shape index (κ2) is 6.23. The molecule has 2 aromatic carbocycles. The summed E-state index contributed by atoms with van der Waals surface area (Å²) in [5, 5.41) is 0. The van der Waals surface area contributed by atoms with E-state index >= 15 is 0 Å². The number of rotatable bonds is 4. The molecule has 1 heteroatoms. The van der Waals surface area contributed by atoms with Gasteiger partial charge in [-0.2, -0.15) is 0 Å². The van der Waals surface area contributed by atoms with Crippen LogP contribution in [0.3, 0.4) is 0 Å². The van der Waals surface area contributed by atoms with E-state index in [9.17, 15) is 0 Å². The highest BCUT2D eigenvalue weighted by Gasteiger charge is 2.25. The van der Waals surface area contributed by atoms with Crippen molar-refractivity contribution in [2.75, 3.05) is 6.61 Å². The van der Waals surface area contributed by atoms with Crippen molar-refractivity contribution in [1.29, 1.82) is 0 Å². The van der Waals surface area contributed by atoms with Crippen LogP contribution in [0.2, 0.25) is 0 Å². The van der Waals surface area contributed by atoms with Crippen LogP contribution in [-0.4, -0.2) is 6.61 Å². The summed E-state index contributed by atoms with van der Waals surface area (Å²) in [5.74, 6) is 1.01. The lowest BCUT2D eigenvalue weighted by Gasteiger charge is -2.11. The van der Waals surface area contributed by atoms with Gasteiger partial charge >= 0.3 is 0 Å². The fourth-order valence-electron chi connectivity index (χ4n) is 3.24. The highest BCUT2D eigenvalue weighted by molar-refractivity contribution is 6.06. The minimum Gasteiger partial charge on any atom is -0.493 e. The van der Waals surface area contributed by atoms with E-state index in [0.717, 1.165) is 12.2 Å². The summed E-state index contributed by atoms with van der Waals surface area (Å²) in [6, 6.07) is 16.9. The molecule has 1 nitrogen and oxygen atoms in total. The second-order valence-electron chi connectivity index (χ2n) is 5.54. The van der Waals surface area contributed by atoms with Crippen molar-refractivity contribution in [3.8, 4) is 5.75 Å². The minimum atomic E-state index is 0.699. The molecule has 0 spiro atoms. The number of hydrogen-bond donors (Lipinski definition) is 0. The third kappa shape index (κ3) is 2.48. The van der Waals surface area contributed by atoms with E-state index in [-0.39, 0.29) is 0 Å². The number of allylic oxidation sites excluding steroid dienone is 3. The molecule has 0 aromatic heterocycles. The van der Waals surface area contributed by atoms with Gasteiger partial charge in [-0.25, -0.2) is 0 Å². The van der Waals surface area contributed by atoms with Gasteiger partial charge in [-0.3, -0.25) is 0 Å². The number of benzene rings is 2. The molecule has 0 bridgehead atoms. The molecule has 0 amide bonds. The normalized spacial score (nSPS) is 15.3. The lowest BCUT2D eigenvalue weighted by atomic mass is 10.00. The Hall–Kier alpha value is -2.28. The highest BCUT2D eigenvalue weighted by Crippen LogP contribution is 2.47. The number of hydrogen-bond acceptors (Lipinski definition) is 1. The SMILES string of the molecule is CCOc1cccc2c1C(CC)=C(C)/C2=C/c1ccccc1. The molecule has 3 rings (SSSR count). The van der Waals surface area contributed by atoms with Gasteiger partial charge in [0.2, 0.25) is 0 Å². The first-order chi connectivity index (χ1) is 10.8. The summed E-state index contributed by atoms with van der Waals surface area (Å²) in [6.45, 7) is 7.18. The van der Waals surface area contributed by atoms with E-state index in [1.165, 1.54) is 33.4 Å². The van der Waals surface area contributed by atoms with Gasteiger partial charge in [0, 0.05) is 5.56 Å². The third-order valence-corrected chi connectivity index (χ3v) is 4.24. The molecule has 0 saturated heterocycles. The predicted molar refractivity (Wildman–Crippen MR) is 94.8 cm³/mol. The molecular weight excluding hydrogens is 268 g/mol. The zero-order valence-corrected chi connectivity index (χ0v) is 13.5. The van der Waals surface area contributed by atoms with Crippen molar-refractivity contribution in [3.05, 3.63) is 70.8 Å². The van der Waals surface area contributed by atoms with Crippen molar-refractivity contribution in [3.63, 3.8) is 0 Å². The molecule has 1 aliphatic carbocycles. The molecule has 22 heavy (non-hydrogen) atoms. The van der Waals surface area contributed by atoms with Crippen molar-refractivity contribution < 1.29 is 4.74 Å². The molecule has 0 fully saturated rings. The topological polar surface area (TPSA) is 9.23 Å². The van der Waals surface area contributed by atoms with Crippen LogP contribution >= 0.6 is 0 Å². The maximum Gasteiger partial charge on any atom is 0.127 e. The van der Waals surface area contributed by atoms with E-state index in [1.54, 1.807) is 0 Å². The summed E-state index contributed by atoms with van der Waals surface area (Å²) in [5.41, 5.74) is 7.91. The zero-order chi connectivity index (χ0) is 15.5. The van der Waals surface area contributed by atoms with Gasteiger partial charge < -0.3 is 4.74 Å². The quantitative estimate of drug-likeness (QED) is 0.689. The smallest absolute Gasteiger partial charge is 0.127 e. The van der Waals surface area contributed by atoms with Crippen LogP contribution in [0.15, 0.2) is 54.1 Å². The first kappa shape index (κ1) is 14.6. The van der Waals surface area contributed by atoms with E-state index in [0.29, 0.717) is 6.61 Å². The molecule has 112 valence electrons. The van der Waals surface area contributed by atoms with Gasteiger partial charge in [0.15, 0.2) is 0 Å². The minimum absolute atomic E-state index is 0.699. The van der Waals surface area contributed by atoms with Crippen LogP contribution in [0, 0.1) is 0 Å². The fraction of sp³-hybridized carbons (Fsp3) is 0.238. The van der Waals surface area contributed by atoms with E-state index < -0.39 is 0 Å². The van der Waals surface area contributed by atoms with Crippen molar-refractivity contribution in [2.24, 2.45) is 0 Å². The molecule has 0 aliphatic heterocycles. The van der Waals surface area contributed by atoms with Gasteiger partial charge in [-0.05, 0) is 60.3 Å². The van der Waals surface area contributed by atoms with E-state index in [2.05, 4.69) is 68.5 Å². The Morgan fingerprint density at radius 3 is 2.41 bits per heavy atom. The van der Waals surface area contributed by atoms with E-state index in [1.807, 2.05) is 6.92 Å². The number of ether oxygens (including phenoxy) is 1. The summed E-state index contributed by atoms with van der Waals surface area (Å²) in [6.07, 6.45) is 3.31. The lowest BCUT2D eigenvalue weighted by molar-refractivity contribution is 0.339. The Bertz CT molecular complexity index is 736. The lowest BCUT2D eigenvalue weighted by Crippen LogP contribution is -1.96. The predicted octanol–water partition coefficient (Wildman–Crippen LogP) is 5.82. The summed E-state index contributed by atoms with van der Waals surface area (Å²) >= 11 is 0. The Kier molecular flexibility index (Phi) is 4.15. The maximum atomic E-state index is 5.87. The van der Waals surface area contributed by atoms with Crippen LogP contribution in [0.1, 0.15) is 43.9 Å². The Labute approximate surface area is 133 Å². The average molecular weight is 290 g/mol. The molecule has 0 N–H and O–H groups in total. The van der Waals surface area contributed by atoms with Crippen LogP contribution in [0.25, 0.3) is 17.2 Å². The first-order valence-electron chi connectivity index (χ1n) is 7.99. The first-order valence-corrected chi connectivity index (χ1v) is 7.99. The molecule has 0 atom stereocenters. The molecule has 0 unspecified atom stereocenters. The molecule has 0 saturated carbocycles. The van der Waals surface area contributed by atoms with Gasteiger partial charge in [0.05, 0.1) is 6.61 Å². The molecule has 1 aliphatic rings. The fourth-order valence-corrected chi connectivity index (χ4v) is 3.24. The van der Waals surface area contributed by atoms with Crippen LogP contribution in [-0.2, 0) is 0 Å². The Balaban J connectivity index is 2.18. The molecule has 2 aromatic rings. The Morgan fingerprint density at radius 1 is 0.955 bits per heavy atom. The van der Waals surface area contributed by atoms with Crippen LogP contribution < -0.4 is 4.74 Å². The summed E-state index contributed by atoms with van der Waals surface area (Å²) < 4.78 is 5.87. The highest BCUT2D eigenvalue weighted by atomic mass is 16.5. The average Bonchev–Trinajstić information content (AvgIpc) is 2.82. The third-order valence-electron chi connectivity index (χ3n) is 4.24. The monoisotopic (exact) mass is 290 g/mol. The molecule has 0 heterocycles. The maximum absolute atomic E-state index is 5.87. The van der Waals surface area contributed by atoms with Gasteiger partial charge in [-0.15, -0.1) is 0 Å². The van der Waals surface area contributed by atoms with E-state index in [4.69, 9.17) is 4.74 Å². The molecule has 0 radical (unpaired) electrons. The zero-order valence-electron chi connectivity index (χ0n) is 13.5. The standard InChI is InChI=1S/C21H22O/c1-4-17-15(3)19(14-16-10-7-6-8-11-16)18-12-9-13-20(21(17)18)22-5-2/h6-14H,4-5H2,1-3H3/b19-14-. The van der Waals surface area contributed by atoms with Crippen LogP contribution in [0.4, 0.5) is 0 Å². The van der Waals surface area contributed by atoms with Crippen molar-refractivity contribution >= 4 is 17.2 Å². The number of fused-ring (bicyclic) bond motifs is 1. The second-order valence-corrected chi connectivity index (χ2v) is 5.54.